The van der Waals surface area contributed by atoms with E-state index in [0.717, 1.165) is 25.8 Å². The van der Waals surface area contributed by atoms with E-state index in [9.17, 15) is 4.79 Å². The van der Waals surface area contributed by atoms with Crippen molar-refractivity contribution in [1.82, 2.24) is 4.90 Å². The van der Waals surface area contributed by atoms with E-state index in [-0.39, 0.29) is 0 Å². The van der Waals surface area contributed by atoms with Crippen molar-refractivity contribution in [1.29, 1.82) is 0 Å². The van der Waals surface area contributed by atoms with Crippen LogP contribution in [0.25, 0.3) is 0 Å². The SMILES string of the molecule is CN1CC[C@@H](C=O)C1. The van der Waals surface area contributed by atoms with Crippen molar-refractivity contribution in [2.75, 3.05) is 20.1 Å². The molecule has 0 aromatic carbocycles. The van der Waals surface area contributed by atoms with Crippen LogP contribution in [0.15, 0.2) is 0 Å². The van der Waals surface area contributed by atoms with Gasteiger partial charge in [0.05, 0.1) is 0 Å². The molecule has 8 heavy (non-hydrogen) atoms. The molecule has 2 nitrogen and oxygen atoms in total. The molecule has 46 valence electrons. The molecule has 0 N–H and O–H groups in total. The first kappa shape index (κ1) is 5.76. The van der Waals surface area contributed by atoms with Crippen LogP contribution in [0.5, 0.6) is 0 Å². The number of hydrogen-bond donors (Lipinski definition) is 0. The molecule has 1 rings (SSSR count). The van der Waals surface area contributed by atoms with Crippen molar-refractivity contribution in [3.8, 4) is 0 Å². The monoisotopic (exact) mass is 113 g/mol. The Hall–Kier alpha value is -0.370. The lowest BCUT2D eigenvalue weighted by Gasteiger charge is -2.02. The van der Waals surface area contributed by atoms with Crippen LogP contribution in [0, 0.1) is 5.92 Å². The third kappa shape index (κ3) is 1.07. The predicted molar refractivity (Wildman–Crippen MR) is 31.7 cm³/mol. The van der Waals surface area contributed by atoms with Crippen molar-refractivity contribution in [3.63, 3.8) is 0 Å². The van der Waals surface area contributed by atoms with E-state index in [1.807, 2.05) is 7.05 Å². The van der Waals surface area contributed by atoms with Crippen molar-refractivity contribution < 1.29 is 4.79 Å². The van der Waals surface area contributed by atoms with Gasteiger partial charge in [0.25, 0.3) is 0 Å². The van der Waals surface area contributed by atoms with Crippen LogP contribution in [0.3, 0.4) is 0 Å². The zero-order chi connectivity index (χ0) is 5.98. The van der Waals surface area contributed by atoms with Crippen LogP contribution in [0.4, 0.5) is 0 Å². The minimum Gasteiger partial charge on any atom is -0.306 e. The van der Waals surface area contributed by atoms with Gasteiger partial charge in [-0.3, -0.25) is 0 Å². The second-order valence-electron chi connectivity index (χ2n) is 2.45. The van der Waals surface area contributed by atoms with E-state index in [1.54, 1.807) is 0 Å². The molecule has 0 amide bonds. The fourth-order valence-corrected chi connectivity index (χ4v) is 1.08. The maximum Gasteiger partial charge on any atom is 0.124 e. The molecule has 0 aromatic rings. The molecule has 0 aliphatic carbocycles. The summed E-state index contributed by atoms with van der Waals surface area (Å²) in [6.07, 6.45) is 2.11. The third-order valence-electron chi connectivity index (χ3n) is 1.62. The minimum absolute atomic E-state index is 0.319. The zero-order valence-electron chi connectivity index (χ0n) is 5.13. The fourth-order valence-electron chi connectivity index (χ4n) is 1.08. The van der Waals surface area contributed by atoms with Crippen molar-refractivity contribution in [2.45, 2.75) is 6.42 Å². The van der Waals surface area contributed by atoms with E-state index in [4.69, 9.17) is 0 Å². The number of aldehydes is 1. The smallest absolute Gasteiger partial charge is 0.124 e. The summed E-state index contributed by atoms with van der Waals surface area (Å²) in [6, 6.07) is 0. The molecule has 0 bridgehead atoms. The Kier molecular flexibility index (Phi) is 1.63. The van der Waals surface area contributed by atoms with Gasteiger partial charge in [-0.15, -0.1) is 0 Å². The van der Waals surface area contributed by atoms with E-state index in [1.165, 1.54) is 0 Å². The molecule has 0 aromatic heterocycles. The van der Waals surface area contributed by atoms with E-state index in [0.29, 0.717) is 5.92 Å². The molecular formula is C6H11NO. The Bertz CT molecular complexity index is 92.5. The lowest BCUT2D eigenvalue weighted by Crippen LogP contribution is -2.14. The minimum atomic E-state index is 0.319. The fraction of sp³-hybridized carbons (Fsp3) is 0.833. The summed E-state index contributed by atoms with van der Waals surface area (Å²) >= 11 is 0. The highest BCUT2D eigenvalue weighted by molar-refractivity contribution is 5.54. The van der Waals surface area contributed by atoms with E-state index in [2.05, 4.69) is 4.90 Å². The van der Waals surface area contributed by atoms with Crippen LogP contribution in [-0.2, 0) is 4.79 Å². The summed E-state index contributed by atoms with van der Waals surface area (Å²) in [4.78, 5) is 12.3. The Balaban J connectivity index is 2.32. The topological polar surface area (TPSA) is 20.3 Å². The molecule has 1 aliphatic heterocycles. The van der Waals surface area contributed by atoms with Gasteiger partial charge in [0.15, 0.2) is 0 Å². The van der Waals surface area contributed by atoms with Gasteiger partial charge in [-0.05, 0) is 20.0 Å². The molecule has 0 saturated carbocycles. The Morgan fingerprint density at radius 1 is 1.75 bits per heavy atom. The summed E-state index contributed by atoms with van der Waals surface area (Å²) in [5.74, 6) is 0.319. The Morgan fingerprint density at radius 2 is 2.50 bits per heavy atom. The van der Waals surface area contributed by atoms with Crippen molar-refractivity contribution >= 4 is 6.29 Å². The maximum absolute atomic E-state index is 10.1. The molecular weight excluding hydrogens is 102 g/mol. The molecule has 1 aliphatic rings. The largest absolute Gasteiger partial charge is 0.306 e. The number of likely N-dealkylation sites (tertiary alicyclic amines) is 1. The number of rotatable bonds is 1. The molecule has 0 spiro atoms. The van der Waals surface area contributed by atoms with Crippen LogP contribution >= 0.6 is 0 Å². The molecule has 1 saturated heterocycles. The lowest BCUT2D eigenvalue weighted by atomic mass is 10.1. The van der Waals surface area contributed by atoms with Crippen LogP contribution in [-0.4, -0.2) is 31.3 Å². The number of nitrogens with zero attached hydrogens (tertiary/aromatic N) is 1. The zero-order valence-corrected chi connectivity index (χ0v) is 5.13. The summed E-state index contributed by atoms with van der Waals surface area (Å²) in [5.41, 5.74) is 0. The first-order valence-electron chi connectivity index (χ1n) is 2.97. The second-order valence-corrected chi connectivity index (χ2v) is 2.45. The van der Waals surface area contributed by atoms with Gasteiger partial charge in [-0.2, -0.15) is 0 Å². The highest BCUT2D eigenvalue weighted by atomic mass is 16.1. The summed E-state index contributed by atoms with van der Waals surface area (Å²) in [7, 11) is 2.05. The second kappa shape index (κ2) is 2.27. The van der Waals surface area contributed by atoms with Crippen molar-refractivity contribution in [2.24, 2.45) is 5.92 Å². The average molecular weight is 113 g/mol. The highest BCUT2D eigenvalue weighted by Gasteiger charge is 2.17. The van der Waals surface area contributed by atoms with Crippen LogP contribution in [0.2, 0.25) is 0 Å². The standard InChI is InChI=1S/C6H11NO/c1-7-3-2-6(4-7)5-8/h5-6H,2-4H2,1H3/t6-/m1/s1. The quantitative estimate of drug-likeness (QED) is 0.451. The van der Waals surface area contributed by atoms with Crippen LogP contribution in [0.1, 0.15) is 6.42 Å². The van der Waals surface area contributed by atoms with Gasteiger partial charge >= 0.3 is 0 Å². The third-order valence-corrected chi connectivity index (χ3v) is 1.62. The molecule has 2 heteroatoms. The normalized spacial score (nSPS) is 30.9. The Morgan fingerprint density at radius 3 is 2.75 bits per heavy atom. The highest BCUT2D eigenvalue weighted by Crippen LogP contribution is 2.10. The van der Waals surface area contributed by atoms with Crippen molar-refractivity contribution in [3.05, 3.63) is 0 Å². The maximum atomic E-state index is 10.1. The van der Waals surface area contributed by atoms with Gasteiger partial charge in [-0.1, -0.05) is 0 Å². The number of carbonyl (C=O) groups is 1. The van der Waals surface area contributed by atoms with Gasteiger partial charge in [-0.25, -0.2) is 0 Å². The average Bonchev–Trinajstić information content (AvgIpc) is 2.14. The van der Waals surface area contributed by atoms with Gasteiger partial charge in [0, 0.05) is 12.5 Å². The molecule has 1 fully saturated rings. The summed E-state index contributed by atoms with van der Waals surface area (Å²) in [5, 5.41) is 0. The molecule has 0 radical (unpaired) electrons. The van der Waals surface area contributed by atoms with Gasteiger partial charge < -0.3 is 9.69 Å². The molecule has 1 heterocycles. The predicted octanol–water partition coefficient (Wildman–Crippen LogP) is 0.137. The van der Waals surface area contributed by atoms with E-state index < -0.39 is 0 Å². The lowest BCUT2D eigenvalue weighted by molar-refractivity contribution is -0.110. The first-order valence-corrected chi connectivity index (χ1v) is 2.97. The molecule has 0 unspecified atom stereocenters. The summed E-state index contributed by atoms with van der Waals surface area (Å²) in [6.45, 7) is 2.05. The first-order chi connectivity index (χ1) is 3.83. The number of carbonyl (C=O) groups excluding carboxylic acids is 1. The molecule has 1 atom stereocenters. The van der Waals surface area contributed by atoms with Gasteiger partial charge in [0.2, 0.25) is 0 Å². The Labute approximate surface area is 49.5 Å². The van der Waals surface area contributed by atoms with E-state index >= 15 is 0 Å². The van der Waals surface area contributed by atoms with Gasteiger partial charge in [0.1, 0.15) is 6.29 Å². The summed E-state index contributed by atoms with van der Waals surface area (Å²) < 4.78 is 0. The number of hydrogen-bond acceptors (Lipinski definition) is 2. The van der Waals surface area contributed by atoms with Crippen LogP contribution < -0.4 is 0 Å².